The molecule has 0 spiro atoms. The quantitative estimate of drug-likeness (QED) is 0.353. The van der Waals surface area contributed by atoms with Crippen molar-refractivity contribution in [2.45, 2.75) is 25.8 Å². The fourth-order valence-electron chi connectivity index (χ4n) is 4.25. The first kappa shape index (κ1) is 23.1. The van der Waals surface area contributed by atoms with E-state index in [4.69, 9.17) is 13.9 Å². The minimum Gasteiger partial charge on any atom is -0.507 e. The number of ether oxygens (including phenoxy) is 2. The average Bonchev–Trinajstić information content (AvgIpc) is 3.46. The third kappa shape index (κ3) is 5.12. The molecular weight excluding hydrogens is 424 g/mol. The van der Waals surface area contributed by atoms with E-state index in [1.807, 2.05) is 6.92 Å². The molecule has 1 N–H and O–H groups in total. The number of morpholine rings is 1. The van der Waals surface area contributed by atoms with Gasteiger partial charge in [0.1, 0.15) is 23.3 Å². The van der Waals surface area contributed by atoms with Gasteiger partial charge in [-0.1, -0.05) is 19.1 Å². The largest absolute Gasteiger partial charge is 0.507 e. The van der Waals surface area contributed by atoms with Gasteiger partial charge in [-0.15, -0.1) is 0 Å². The Kier molecular flexibility index (Phi) is 7.47. The van der Waals surface area contributed by atoms with Crippen molar-refractivity contribution in [2.75, 3.05) is 46.0 Å². The van der Waals surface area contributed by atoms with E-state index in [0.717, 1.165) is 26.1 Å². The van der Waals surface area contributed by atoms with Gasteiger partial charge in [-0.25, -0.2) is 0 Å². The Bertz CT molecular complexity index is 994. The second kappa shape index (κ2) is 10.7. The first-order chi connectivity index (χ1) is 16.1. The number of nitrogens with zero attached hydrogens (tertiary/aromatic N) is 2. The van der Waals surface area contributed by atoms with Crippen molar-refractivity contribution >= 4 is 17.4 Å². The molecule has 1 amide bonds. The van der Waals surface area contributed by atoms with Gasteiger partial charge in [0.25, 0.3) is 11.7 Å². The number of Topliss-reactive ketones (excluding diaryl/α,β-unsaturated/α-hetero) is 1. The third-order valence-corrected chi connectivity index (χ3v) is 5.91. The maximum atomic E-state index is 13.0. The lowest BCUT2D eigenvalue weighted by Crippen LogP contribution is -2.38. The number of aliphatic hydroxyl groups excluding tert-OH is 1. The van der Waals surface area contributed by atoms with Gasteiger partial charge in [-0.3, -0.25) is 14.5 Å². The molecule has 1 aromatic heterocycles. The van der Waals surface area contributed by atoms with E-state index >= 15 is 0 Å². The van der Waals surface area contributed by atoms with Gasteiger partial charge in [0.15, 0.2) is 0 Å². The van der Waals surface area contributed by atoms with E-state index < -0.39 is 17.7 Å². The summed E-state index contributed by atoms with van der Waals surface area (Å²) >= 11 is 0. The normalized spacial score (nSPS) is 21.0. The standard InChI is InChI=1S/C25H30N2O6/c1-2-13-32-19-7-3-6-18(17-19)23(28)21-22(20-8-4-14-33-20)27(25(30)24(21)29)10-5-9-26-11-15-31-16-12-26/h3-4,6-8,14,17,22,28H,2,5,9-13,15-16H2,1H3/b23-21+. The Morgan fingerprint density at radius 2 is 1.97 bits per heavy atom. The molecule has 0 aliphatic carbocycles. The molecule has 4 rings (SSSR count). The summed E-state index contributed by atoms with van der Waals surface area (Å²) in [5.74, 6) is -0.526. The topological polar surface area (TPSA) is 92.5 Å². The number of ketones is 1. The highest BCUT2D eigenvalue weighted by Gasteiger charge is 2.47. The molecule has 1 unspecified atom stereocenters. The van der Waals surface area contributed by atoms with Crippen LogP contribution in [0.15, 0.2) is 52.7 Å². The van der Waals surface area contributed by atoms with Gasteiger partial charge >= 0.3 is 0 Å². The Balaban J connectivity index is 1.61. The lowest BCUT2D eigenvalue weighted by atomic mass is 9.99. The third-order valence-electron chi connectivity index (χ3n) is 5.91. The summed E-state index contributed by atoms with van der Waals surface area (Å²) in [5, 5.41) is 11.1. The monoisotopic (exact) mass is 454 g/mol. The zero-order valence-corrected chi connectivity index (χ0v) is 18.9. The van der Waals surface area contributed by atoms with E-state index in [1.54, 1.807) is 36.4 Å². The molecule has 2 aliphatic heterocycles. The van der Waals surface area contributed by atoms with E-state index in [-0.39, 0.29) is 11.3 Å². The Morgan fingerprint density at radius 3 is 2.70 bits per heavy atom. The molecule has 0 radical (unpaired) electrons. The Labute approximate surface area is 193 Å². The number of hydrogen-bond acceptors (Lipinski definition) is 7. The van der Waals surface area contributed by atoms with E-state index in [1.165, 1.54) is 11.2 Å². The van der Waals surface area contributed by atoms with Gasteiger partial charge < -0.3 is 23.9 Å². The van der Waals surface area contributed by atoms with E-state index in [9.17, 15) is 14.7 Å². The molecule has 176 valence electrons. The molecule has 0 saturated carbocycles. The smallest absolute Gasteiger partial charge is 0.295 e. The molecule has 2 aromatic rings. The van der Waals surface area contributed by atoms with Crippen molar-refractivity contribution in [3.63, 3.8) is 0 Å². The second-order valence-corrected chi connectivity index (χ2v) is 8.19. The number of rotatable bonds is 9. The number of furan rings is 1. The van der Waals surface area contributed by atoms with Crippen LogP contribution < -0.4 is 4.74 Å². The molecule has 1 atom stereocenters. The summed E-state index contributed by atoms with van der Waals surface area (Å²) in [6.45, 7) is 6.86. The zero-order chi connectivity index (χ0) is 23.2. The number of likely N-dealkylation sites (tertiary alicyclic amines) is 1. The predicted octanol–water partition coefficient (Wildman–Crippen LogP) is 3.21. The van der Waals surface area contributed by atoms with Crippen molar-refractivity contribution in [3.05, 3.63) is 59.6 Å². The van der Waals surface area contributed by atoms with Crippen LogP contribution in [0.1, 0.15) is 37.1 Å². The van der Waals surface area contributed by atoms with Gasteiger partial charge in [-0.05, 0) is 37.1 Å². The van der Waals surface area contributed by atoms with Gasteiger partial charge in [-0.2, -0.15) is 0 Å². The Hall–Kier alpha value is -3.10. The molecule has 2 saturated heterocycles. The summed E-state index contributed by atoms with van der Waals surface area (Å²) < 4.78 is 16.6. The van der Waals surface area contributed by atoms with Crippen LogP contribution in [0.5, 0.6) is 5.75 Å². The highest BCUT2D eigenvalue weighted by atomic mass is 16.5. The number of carbonyl (C=O) groups excluding carboxylic acids is 2. The highest BCUT2D eigenvalue weighted by Crippen LogP contribution is 2.40. The Morgan fingerprint density at radius 1 is 1.15 bits per heavy atom. The van der Waals surface area contributed by atoms with Crippen LogP contribution in [0.3, 0.4) is 0 Å². The average molecular weight is 455 g/mol. The molecule has 3 heterocycles. The molecular formula is C25H30N2O6. The summed E-state index contributed by atoms with van der Waals surface area (Å²) in [6.07, 6.45) is 3.05. The van der Waals surface area contributed by atoms with Crippen molar-refractivity contribution in [1.82, 2.24) is 9.80 Å². The van der Waals surface area contributed by atoms with E-state index in [0.29, 0.717) is 49.9 Å². The number of carbonyl (C=O) groups is 2. The van der Waals surface area contributed by atoms with E-state index in [2.05, 4.69) is 4.90 Å². The summed E-state index contributed by atoms with van der Waals surface area (Å²) in [6, 6.07) is 9.57. The number of hydrogen-bond donors (Lipinski definition) is 1. The molecule has 0 bridgehead atoms. The first-order valence-corrected chi connectivity index (χ1v) is 11.4. The number of amides is 1. The van der Waals surface area contributed by atoms with Crippen LogP contribution in [0.25, 0.3) is 5.76 Å². The molecule has 8 nitrogen and oxygen atoms in total. The fraction of sp³-hybridized carbons (Fsp3) is 0.440. The van der Waals surface area contributed by atoms with Crippen LogP contribution in [-0.2, 0) is 14.3 Å². The molecule has 8 heteroatoms. The molecule has 33 heavy (non-hydrogen) atoms. The van der Waals surface area contributed by atoms with Crippen molar-refractivity contribution in [1.29, 1.82) is 0 Å². The maximum Gasteiger partial charge on any atom is 0.295 e. The summed E-state index contributed by atoms with van der Waals surface area (Å²) in [4.78, 5) is 29.8. The summed E-state index contributed by atoms with van der Waals surface area (Å²) in [5.41, 5.74) is 0.459. The van der Waals surface area contributed by atoms with Crippen molar-refractivity contribution in [3.8, 4) is 5.75 Å². The van der Waals surface area contributed by atoms with Crippen molar-refractivity contribution in [2.24, 2.45) is 0 Å². The van der Waals surface area contributed by atoms with Gasteiger partial charge in [0.05, 0.1) is 31.7 Å². The maximum absolute atomic E-state index is 13.0. The fourth-order valence-corrected chi connectivity index (χ4v) is 4.25. The SMILES string of the molecule is CCCOc1cccc(/C(O)=C2\C(=O)C(=O)N(CCCN3CCOCC3)C2c2ccco2)c1. The van der Waals surface area contributed by atoms with Crippen LogP contribution >= 0.6 is 0 Å². The summed E-state index contributed by atoms with van der Waals surface area (Å²) in [7, 11) is 0. The van der Waals surface area contributed by atoms with Gasteiger partial charge in [0.2, 0.25) is 0 Å². The van der Waals surface area contributed by atoms with Crippen molar-refractivity contribution < 1.29 is 28.6 Å². The number of benzene rings is 1. The van der Waals surface area contributed by atoms with Crippen LogP contribution in [0, 0.1) is 0 Å². The first-order valence-electron chi connectivity index (χ1n) is 11.4. The van der Waals surface area contributed by atoms with Crippen LogP contribution in [0.2, 0.25) is 0 Å². The minimum atomic E-state index is -0.773. The van der Waals surface area contributed by atoms with Crippen LogP contribution in [0.4, 0.5) is 0 Å². The lowest BCUT2D eigenvalue weighted by molar-refractivity contribution is -0.140. The minimum absolute atomic E-state index is 0.0361. The van der Waals surface area contributed by atoms with Gasteiger partial charge in [0, 0.05) is 31.7 Å². The lowest BCUT2D eigenvalue weighted by Gasteiger charge is -2.28. The highest BCUT2D eigenvalue weighted by molar-refractivity contribution is 6.46. The van der Waals surface area contributed by atoms with Crippen LogP contribution in [-0.4, -0.2) is 72.6 Å². The number of aliphatic hydroxyl groups is 1. The molecule has 2 aliphatic rings. The predicted molar refractivity (Wildman–Crippen MR) is 122 cm³/mol. The molecule has 1 aromatic carbocycles. The zero-order valence-electron chi connectivity index (χ0n) is 18.9. The molecule has 2 fully saturated rings. The second-order valence-electron chi connectivity index (χ2n) is 8.19.